The van der Waals surface area contributed by atoms with Gasteiger partial charge in [0.05, 0.1) is 10.6 Å². The second-order valence-electron chi connectivity index (χ2n) is 5.93. The van der Waals surface area contributed by atoms with Gasteiger partial charge in [-0.25, -0.2) is 4.98 Å². The summed E-state index contributed by atoms with van der Waals surface area (Å²) in [6.07, 6.45) is 1.93. The third-order valence-corrected chi connectivity index (χ3v) is 7.04. The number of thioether (sulfide) groups is 1. The van der Waals surface area contributed by atoms with Gasteiger partial charge in [0.1, 0.15) is 10.7 Å². The largest absolute Gasteiger partial charge is 0.309 e. The minimum Gasteiger partial charge on any atom is -0.309 e. The van der Waals surface area contributed by atoms with Gasteiger partial charge in [0.25, 0.3) is 5.56 Å². The molecule has 0 saturated carbocycles. The van der Waals surface area contributed by atoms with Crippen molar-refractivity contribution in [3.05, 3.63) is 63.5 Å². The standard InChI is InChI=1S/C18H13N5OS3/c1-10(27-18-22-21-13-6-2-3-7-23(13)18)15-19-16(24)14-11(9-26-17(14)20-15)12-5-4-8-25-12/h2-10H,1H3,(H,19,20,24)/t10-/m1/s1. The Hall–Kier alpha value is -2.49. The van der Waals surface area contributed by atoms with Crippen molar-refractivity contribution in [1.29, 1.82) is 0 Å². The molecule has 0 fully saturated rings. The maximum atomic E-state index is 12.8. The zero-order valence-electron chi connectivity index (χ0n) is 14.1. The summed E-state index contributed by atoms with van der Waals surface area (Å²) in [5.74, 6) is 0.643. The second-order valence-corrected chi connectivity index (χ2v) is 9.04. The summed E-state index contributed by atoms with van der Waals surface area (Å²) in [5, 5.41) is 13.8. The zero-order chi connectivity index (χ0) is 18.4. The first-order chi connectivity index (χ1) is 13.2. The smallest absolute Gasteiger partial charge is 0.260 e. The van der Waals surface area contributed by atoms with Crippen molar-refractivity contribution >= 4 is 50.3 Å². The van der Waals surface area contributed by atoms with Crippen molar-refractivity contribution in [2.24, 2.45) is 0 Å². The van der Waals surface area contributed by atoms with Crippen LogP contribution in [0.15, 0.2) is 57.2 Å². The average molecular weight is 412 g/mol. The normalized spacial score (nSPS) is 12.8. The lowest BCUT2D eigenvalue weighted by atomic mass is 10.2. The molecule has 1 N–H and O–H groups in total. The average Bonchev–Trinajstić information content (AvgIpc) is 3.41. The Kier molecular flexibility index (Phi) is 4.07. The van der Waals surface area contributed by atoms with Gasteiger partial charge < -0.3 is 4.98 Å². The van der Waals surface area contributed by atoms with Gasteiger partial charge in [-0.05, 0) is 30.5 Å². The van der Waals surface area contributed by atoms with Gasteiger partial charge in [-0.15, -0.1) is 32.9 Å². The summed E-state index contributed by atoms with van der Waals surface area (Å²) >= 11 is 4.64. The number of nitrogens with zero attached hydrogens (tertiary/aromatic N) is 4. The number of aromatic nitrogens is 5. The molecule has 5 heterocycles. The fourth-order valence-electron chi connectivity index (χ4n) is 2.89. The number of aromatic amines is 1. The van der Waals surface area contributed by atoms with Crippen LogP contribution < -0.4 is 5.56 Å². The maximum Gasteiger partial charge on any atom is 0.260 e. The van der Waals surface area contributed by atoms with Crippen LogP contribution in [-0.2, 0) is 0 Å². The van der Waals surface area contributed by atoms with Gasteiger partial charge in [0.15, 0.2) is 10.8 Å². The first-order valence-electron chi connectivity index (χ1n) is 8.22. The molecule has 0 unspecified atom stereocenters. The molecule has 27 heavy (non-hydrogen) atoms. The highest BCUT2D eigenvalue weighted by Crippen LogP contribution is 2.36. The van der Waals surface area contributed by atoms with E-state index in [1.807, 2.05) is 58.6 Å². The second kappa shape index (κ2) is 6.59. The molecular weight excluding hydrogens is 398 g/mol. The third-order valence-electron chi connectivity index (χ3n) is 4.20. The molecular formula is C18H13N5OS3. The Labute approximate surface area is 165 Å². The Morgan fingerprint density at radius 1 is 1.19 bits per heavy atom. The molecule has 9 heteroatoms. The van der Waals surface area contributed by atoms with Gasteiger partial charge in [-0.3, -0.25) is 9.20 Å². The number of pyridine rings is 1. The van der Waals surface area contributed by atoms with Crippen LogP contribution in [0, 0.1) is 0 Å². The van der Waals surface area contributed by atoms with Gasteiger partial charge in [0, 0.05) is 22.0 Å². The van der Waals surface area contributed by atoms with Gasteiger partial charge in [0.2, 0.25) is 0 Å². The van der Waals surface area contributed by atoms with E-state index in [-0.39, 0.29) is 10.8 Å². The molecule has 0 aliphatic heterocycles. The zero-order valence-corrected chi connectivity index (χ0v) is 16.6. The summed E-state index contributed by atoms with van der Waals surface area (Å²) in [7, 11) is 0. The predicted molar refractivity (Wildman–Crippen MR) is 111 cm³/mol. The van der Waals surface area contributed by atoms with Gasteiger partial charge in [-0.1, -0.05) is 23.9 Å². The lowest BCUT2D eigenvalue weighted by molar-refractivity contribution is 0.885. The van der Waals surface area contributed by atoms with E-state index in [4.69, 9.17) is 4.98 Å². The van der Waals surface area contributed by atoms with E-state index in [1.165, 1.54) is 23.1 Å². The predicted octanol–water partition coefficient (Wildman–Crippen LogP) is 4.61. The molecule has 134 valence electrons. The molecule has 0 spiro atoms. The van der Waals surface area contributed by atoms with E-state index in [0.29, 0.717) is 11.2 Å². The van der Waals surface area contributed by atoms with E-state index in [1.54, 1.807) is 11.3 Å². The van der Waals surface area contributed by atoms with Crippen LogP contribution in [0.1, 0.15) is 18.0 Å². The van der Waals surface area contributed by atoms with E-state index in [0.717, 1.165) is 26.1 Å². The van der Waals surface area contributed by atoms with E-state index >= 15 is 0 Å². The SMILES string of the molecule is C[C@@H](Sc1nnc2ccccn12)c1nc2scc(-c3cccs3)c2c(=O)[nH]1. The van der Waals surface area contributed by atoms with Crippen LogP contribution in [0.4, 0.5) is 0 Å². The number of fused-ring (bicyclic) bond motifs is 2. The molecule has 0 aliphatic rings. The van der Waals surface area contributed by atoms with Crippen molar-refractivity contribution in [3.8, 4) is 10.4 Å². The molecule has 5 aromatic heterocycles. The minimum atomic E-state index is -0.0989. The van der Waals surface area contributed by atoms with Crippen LogP contribution in [0.3, 0.4) is 0 Å². The van der Waals surface area contributed by atoms with Crippen molar-refractivity contribution in [3.63, 3.8) is 0 Å². The quantitative estimate of drug-likeness (QED) is 0.437. The maximum absolute atomic E-state index is 12.8. The molecule has 0 radical (unpaired) electrons. The minimum absolute atomic E-state index is 0.0676. The Balaban J connectivity index is 1.52. The molecule has 0 saturated heterocycles. The summed E-state index contributed by atoms with van der Waals surface area (Å²) in [4.78, 5) is 22.3. The van der Waals surface area contributed by atoms with Crippen molar-refractivity contribution in [2.75, 3.05) is 0 Å². The summed E-state index contributed by atoms with van der Waals surface area (Å²) in [6, 6.07) is 9.78. The Morgan fingerprint density at radius 3 is 2.96 bits per heavy atom. The van der Waals surface area contributed by atoms with Crippen LogP contribution in [0.2, 0.25) is 0 Å². The molecule has 5 rings (SSSR count). The number of rotatable bonds is 4. The number of hydrogen-bond donors (Lipinski definition) is 1. The number of hydrogen-bond acceptors (Lipinski definition) is 7. The molecule has 0 aliphatic carbocycles. The van der Waals surface area contributed by atoms with Crippen LogP contribution in [0.25, 0.3) is 26.3 Å². The van der Waals surface area contributed by atoms with Gasteiger partial charge in [-0.2, -0.15) is 0 Å². The van der Waals surface area contributed by atoms with Crippen LogP contribution in [0.5, 0.6) is 0 Å². The molecule has 0 bridgehead atoms. The van der Waals surface area contributed by atoms with Gasteiger partial charge >= 0.3 is 0 Å². The highest BCUT2D eigenvalue weighted by Gasteiger charge is 2.18. The molecule has 1 atom stereocenters. The van der Waals surface area contributed by atoms with Crippen molar-refractivity contribution in [2.45, 2.75) is 17.3 Å². The molecule has 0 amide bonds. The summed E-state index contributed by atoms with van der Waals surface area (Å²) in [5.41, 5.74) is 1.65. The lowest BCUT2D eigenvalue weighted by Crippen LogP contribution is -2.12. The van der Waals surface area contributed by atoms with E-state index < -0.39 is 0 Å². The van der Waals surface area contributed by atoms with Crippen molar-refractivity contribution < 1.29 is 0 Å². The fraction of sp³-hybridized carbons (Fsp3) is 0.111. The number of nitrogens with one attached hydrogen (secondary N) is 1. The summed E-state index contributed by atoms with van der Waals surface area (Å²) in [6.45, 7) is 2.01. The fourth-order valence-corrected chi connectivity index (χ4v) is 5.55. The molecule has 0 aromatic carbocycles. The first-order valence-corrected chi connectivity index (χ1v) is 10.9. The lowest BCUT2D eigenvalue weighted by Gasteiger charge is -2.09. The molecule has 5 aromatic rings. The number of thiophene rings is 2. The van der Waals surface area contributed by atoms with E-state index in [2.05, 4.69) is 15.2 Å². The topological polar surface area (TPSA) is 75.9 Å². The Bertz CT molecular complexity index is 1300. The number of H-pyrrole nitrogens is 1. The van der Waals surface area contributed by atoms with Crippen molar-refractivity contribution in [1.82, 2.24) is 24.6 Å². The third kappa shape index (κ3) is 2.88. The van der Waals surface area contributed by atoms with Crippen LogP contribution >= 0.6 is 34.4 Å². The first kappa shape index (κ1) is 16.7. The van der Waals surface area contributed by atoms with Crippen LogP contribution in [-0.4, -0.2) is 24.6 Å². The molecule has 6 nitrogen and oxygen atoms in total. The highest BCUT2D eigenvalue weighted by molar-refractivity contribution is 7.99. The highest BCUT2D eigenvalue weighted by atomic mass is 32.2. The monoisotopic (exact) mass is 411 g/mol. The summed E-state index contributed by atoms with van der Waals surface area (Å²) < 4.78 is 1.93. The van der Waals surface area contributed by atoms with E-state index in [9.17, 15) is 4.79 Å². The Morgan fingerprint density at radius 2 is 2.11 bits per heavy atom.